The number of aromatic carboxylic acids is 1. The molecule has 1 saturated heterocycles. The van der Waals surface area contributed by atoms with Crippen molar-refractivity contribution in [3.8, 4) is 5.75 Å². The van der Waals surface area contributed by atoms with Gasteiger partial charge in [-0.15, -0.1) is 0 Å². The highest BCUT2D eigenvalue weighted by molar-refractivity contribution is 7.89. The Bertz CT molecular complexity index is 1330. The molecule has 1 aliphatic heterocycles. The number of carboxylic acids is 1. The van der Waals surface area contributed by atoms with Crippen LogP contribution in [0.1, 0.15) is 99.0 Å². The lowest BCUT2D eigenvalue weighted by atomic mass is 10.1. The molecule has 47 heavy (non-hydrogen) atoms. The Labute approximate surface area is 279 Å². The van der Waals surface area contributed by atoms with Crippen molar-refractivity contribution in [2.24, 2.45) is 0 Å². The van der Waals surface area contributed by atoms with E-state index in [1.54, 1.807) is 28.6 Å². The van der Waals surface area contributed by atoms with Gasteiger partial charge in [0.05, 0.1) is 16.7 Å². The topological polar surface area (TPSA) is 109 Å². The van der Waals surface area contributed by atoms with Crippen LogP contribution in [0.15, 0.2) is 76.4 Å². The summed E-state index contributed by atoms with van der Waals surface area (Å²) in [5.41, 5.74) is 2.40. The molecule has 1 fully saturated rings. The number of carboxylic acid groups (broad SMARTS) is 1. The third kappa shape index (κ3) is 16.9. The van der Waals surface area contributed by atoms with Crippen LogP contribution in [-0.2, 0) is 16.4 Å². The van der Waals surface area contributed by atoms with Gasteiger partial charge in [0.1, 0.15) is 12.0 Å². The summed E-state index contributed by atoms with van der Waals surface area (Å²) in [6, 6.07) is 15.3. The van der Waals surface area contributed by atoms with Gasteiger partial charge in [0, 0.05) is 13.1 Å². The molecule has 2 heterocycles. The summed E-state index contributed by atoms with van der Waals surface area (Å²) in [4.78, 5) is 10.4. The molecule has 0 spiro atoms. The lowest BCUT2D eigenvalue weighted by molar-refractivity contribution is -0.0498. The van der Waals surface area contributed by atoms with Gasteiger partial charge < -0.3 is 19.6 Å². The van der Waals surface area contributed by atoms with E-state index in [9.17, 15) is 22.0 Å². The van der Waals surface area contributed by atoms with E-state index in [0.29, 0.717) is 18.0 Å². The molecule has 11 heteroatoms. The summed E-state index contributed by atoms with van der Waals surface area (Å²) >= 11 is 0. The molecule has 1 aromatic heterocycles. The number of nitrogens with zero attached hydrogens (tertiary/aromatic N) is 1. The Balaban J connectivity index is 0.000000274. The highest BCUT2D eigenvalue weighted by Crippen LogP contribution is 2.20. The minimum atomic E-state index is -3.25. The maximum Gasteiger partial charge on any atom is 0.387 e. The van der Waals surface area contributed by atoms with E-state index < -0.39 is 22.6 Å². The first kappa shape index (κ1) is 39.9. The molecule has 0 unspecified atom stereocenters. The molecular weight excluding hydrogens is 626 g/mol. The minimum Gasteiger partial charge on any atom is -0.478 e. The highest BCUT2D eigenvalue weighted by Gasteiger charge is 2.25. The molecule has 1 aliphatic rings. The van der Waals surface area contributed by atoms with Crippen LogP contribution >= 0.6 is 0 Å². The summed E-state index contributed by atoms with van der Waals surface area (Å²) in [5, 5.41) is 11.7. The van der Waals surface area contributed by atoms with Crippen molar-refractivity contribution in [1.82, 2.24) is 9.62 Å². The zero-order valence-corrected chi connectivity index (χ0v) is 28.7. The molecule has 2 aromatic carbocycles. The van der Waals surface area contributed by atoms with Gasteiger partial charge in [-0.2, -0.15) is 13.1 Å². The van der Waals surface area contributed by atoms with E-state index in [2.05, 4.69) is 21.4 Å². The second-order valence-corrected chi connectivity index (χ2v) is 13.5. The molecule has 0 amide bonds. The predicted octanol–water partition coefficient (Wildman–Crippen LogP) is 8.71. The highest BCUT2D eigenvalue weighted by atomic mass is 32.2. The number of halogens is 2. The van der Waals surface area contributed by atoms with Gasteiger partial charge in [-0.25, -0.2) is 13.2 Å². The SMILES string of the molecule is CCCCCCCCCCNCCc1ccc(OC(F)F)cc1.Cc1ccc(S(=O)(=O)N2CCCCC2)cc1.O=C(O)c1ccoc1. The molecule has 2 N–H and O–H groups in total. The van der Waals surface area contributed by atoms with Gasteiger partial charge in [0.25, 0.3) is 0 Å². The Morgan fingerprint density at radius 3 is 2.04 bits per heavy atom. The van der Waals surface area contributed by atoms with Gasteiger partial charge in [-0.3, -0.25) is 0 Å². The van der Waals surface area contributed by atoms with E-state index in [1.807, 2.05) is 31.2 Å². The van der Waals surface area contributed by atoms with Crippen LogP contribution in [0.4, 0.5) is 8.78 Å². The zero-order valence-electron chi connectivity index (χ0n) is 27.8. The average molecular weight is 679 g/mol. The smallest absolute Gasteiger partial charge is 0.387 e. The molecule has 262 valence electrons. The summed E-state index contributed by atoms with van der Waals surface area (Å²) < 4.78 is 59.0. The molecular formula is C36H52F2N2O6S. The molecule has 0 bridgehead atoms. The number of unbranched alkanes of at least 4 members (excludes halogenated alkanes) is 7. The van der Waals surface area contributed by atoms with E-state index in [0.717, 1.165) is 49.9 Å². The summed E-state index contributed by atoms with van der Waals surface area (Å²) in [5.74, 6) is -0.741. The van der Waals surface area contributed by atoms with Crippen molar-refractivity contribution in [3.63, 3.8) is 0 Å². The van der Waals surface area contributed by atoms with Crippen LogP contribution in [-0.4, -0.2) is 56.6 Å². The fraction of sp³-hybridized carbons (Fsp3) is 0.528. The predicted molar refractivity (Wildman–Crippen MR) is 182 cm³/mol. The zero-order chi connectivity index (χ0) is 34.3. The number of furan rings is 1. The number of hydrogen-bond donors (Lipinski definition) is 2. The van der Waals surface area contributed by atoms with Crippen molar-refractivity contribution in [3.05, 3.63) is 83.8 Å². The fourth-order valence-corrected chi connectivity index (χ4v) is 6.45. The molecule has 3 aromatic rings. The Morgan fingerprint density at radius 1 is 0.894 bits per heavy atom. The van der Waals surface area contributed by atoms with Crippen LogP contribution < -0.4 is 10.1 Å². The third-order valence-corrected chi connectivity index (χ3v) is 9.60. The molecule has 0 radical (unpaired) electrons. The van der Waals surface area contributed by atoms with Gasteiger partial charge in [-0.05, 0) is 81.6 Å². The van der Waals surface area contributed by atoms with E-state index in [1.165, 1.54) is 70.0 Å². The summed E-state index contributed by atoms with van der Waals surface area (Å²) in [7, 11) is -3.25. The van der Waals surface area contributed by atoms with Crippen molar-refractivity contribution in [2.45, 2.75) is 102 Å². The minimum absolute atomic E-state index is 0.185. The molecule has 0 aliphatic carbocycles. The number of carbonyl (C=O) groups is 1. The molecule has 0 saturated carbocycles. The van der Waals surface area contributed by atoms with Gasteiger partial charge in [-0.1, -0.05) is 88.1 Å². The number of rotatable bonds is 17. The van der Waals surface area contributed by atoms with Gasteiger partial charge >= 0.3 is 12.6 Å². The van der Waals surface area contributed by atoms with E-state index in [-0.39, 0.29) is 11.3 Å². The van der Waals surface area contributed by atoms with Crippen molar-refractivity contribution in [2.75, 3.05) is 26.2 Å². The standard InChI is InChI=1S/C19H31F2NO.C12H17NO2S.C5H4O3/c1-2-3-4-5-6-7-8-9-15-22-16-14-17-10-12-18(13-11-17)23-19(20)21;1-11-5-7-12(8-6-11)16(14,15)13-9-3-2-4-10-13;6-5(7)4-1-2-8-3-4/h10-13,19,22H,2-9,14-16H2,1H3;5-8H,2-4,9-10H2,1H3;1-3H,(H,6,7). The quantitative estimate of drug-likeness (QED) is 0.138. The normalized spacial score (nSPS) is 13.3. The Hall–Kier alpha value is -3.28. The number of aryl methyl sites for hydroxylation is 1. The number of piperidine rings is 1. The molecule has 4 rings (SSSR count). The van der Waals surface area contributed by atoms with Gasteiger partial charge in [0.2, 0.25) is 10.0 Å². The largest absolute Gasteiger partial charge is 0.478 e. The maximum absolute atomic E-state index is 12.2. The third-order valence-electron chi connectivity index (χ3n) is 7.69. The van der Waals surface area contributed by atoms with Crippen LogP contribution in [0.5, 0.6) is 5.75 Å². The number of benzene rings is 2. The first-order valence-corrected chi connectivity index (χ1v) is 18.1. The maximum atomic E-state index is 12.2. The number of alkyl halides is 2. The summed E-state index contributed by atoms with van der Waals surface area (Å²) in [6.07, 6.45) is 17.2. The van der Waals surface area contributed by atoms with Crippen LogP contribution in [0.25, 0.3) is 0 Å². The Kier molecular flexibility index (Phi) is 19.6. The number of nitrogens with one attached hydrogen (secondary N) is 1. The van der Waals surface area contributed by atoms with E-state index >= 15 is 0 Å². The molecule has 8 nitrogen and oxygen atoms in total. The van der Waals surface area contributed by atoms with Crippen molar-refractivity contribution in [1.29, 1.82) is 0 Å². The second kappa shape index (κ2) is 23.1. The van der Waals surface area contributed by atoms with Crippen LogP contribution in [0.3, 0.4) is 0 Å². The first-order chi connectivity index (χ1) is 22.6. The van der Waals surface area contributed by atoms with Crippen LogP contribution in [0, 0.1) is 6.92 Å². The fourth-order valence-electron chi connectivity index (χ4n) is 4.93. The lowest BCUT2D eigenvalue weighted by Crippen LogP contribution is -2.35. The monoisotopic (exact) mass is 678 g/mol. The first-order valence-electron chi connectivity index (χ1n) is 16.7. The van der Waals surface area contributed by atoms with Crippen molar-refractivity contribution < 1.29 is 36.3 Å². The molecule has 0 atom stereocenters. The van der Waals surface area contributed by atoms with Crippen molar-refractivity contribution >= 4 is 16.0 Å². The van der Waals surface area contributed by atoms with Gasteiger partial charge in [0.15, 0.2) is 0 Å². The average Bonchev–Trinajstić information content (AvgIpc) is 3.62. The number of ether oxygens (including phenoxy) is 1. The number of hydrogen-bond acceptors (Lipinski definition) is 6. The Morgan fingerprint density at radius 2 is 1.51 bits per heavy atom. The number of sulfonamides is 1. The van der Waals surface area contributed by atoms with E-state index in [4.69, 9.17) is 5.11 Å². The second-order valence-electron chi connectivity index (χ2n) is 11.6. The lowest BCUT2D eigenvalue weighted by Gasteiger charge is -2.25. The summed E-state index contributed by atoms with van der Waals surface area (Å²) in [6.45, 7) is 4.75. The van der Waals surface area contributed by atoms with Crippen LogP contribution in [0.2, 0.25) is 0 Å².